The minimum atomic E-state index is -0.270. The van der Waals surface area contributed by atoms with Gasteiger partial charge in [-0.3, -0.25) is 0 Å². The highest BCUT2D eigenvalue weighted by atomic mass is 16.7. The molecule has 0 bridgehead atoms. The van der Waals surface area contributed by atoms with Crippen LogP contribution in [0.1, 0.15) is 11.1 Å². The average Bonchev–Trinajstić information content (AvgIpc) is 3.30. The van der Waals surface area contributed by atoms with Gasteiger partial charge in [-0.05, 0) is 23.3 Å². The van der Waals surface area contributed by atoms with Crippen molar-refractivity contribution in [1.29, 1.82) is 0 Å². The predicted molar refractivity (Wildman–Crippen MR) is 70.0 cm³/mol. The van der Waals surface area contributed by atoms with Crippen molar-refractivity contribution < 1.29 is 9.47 Å². The van der Waals surface area contributed by atoms with E-state index in [0.29, 0.717) is 0 Å². The SMILES string of the molecule is C=Cc1ccc(C23C=CC4(C=C)OC4C2O3)cc1. The highest BCUT2D eigenvalue weighted by Gasteiger charge is 2.74. The lowest BCUT2D eigenvalue weighted by molar-refractivity contribution is 0.289. The second-order valence-electron chi connectivity index (χ2n) is 5.09. The van der Waals surface area contributed by atoms with Gasteiger partial charge in [0.1, 0.15) is 23.4 Å². The fourth-order valence-corrected chi connectivity index (χ4v) is 2.91. The summed E-state index contributed by atoms with van der Waals surface area (Å²) in [4.78, 5) is 0. The normalized spacial score (nSPS) is 42.7. The van der Waals surface area contributed by atoms with E-state index < -0.39 is 0 Å². The summed E-state index contributed by atoms with van der Waals surface area (Å²) in [6.45, 7) is 7.59. The molecule has 2 fully saturated rings. The van der Waals surface area contributed by atoms with Crippen molar-refractivity contribution in [3.8, 4) is 0 Å². The van der Waals surface area contributed by atoms with Crippen LogP contribution < -0.4 is 0 Å². The Morgan fingerprint density at radius 2 is 1.78 bits per heavy atom. The molecular weight excluding hydrogens is 224 g/mol. The van der Waals surface area contributed by atoms with Gasteiger partial charge in [0.2, 0.25) is 0 Å². The van der Waals surface area contributed by atoms with Crippen molar-refractivity contribution in [2.24, 2.45) is 0 Å². The van der Waals surface area contributed by atoms with E-state index in [1.807, 2.05) is 12.2 Å². The van der Waals surface area contributed by atoms with Crippen LogP contribution in [0.4, 0.5) is 0 Å². The Kier molecular flexibility index (Phi) is 1.73. The molecule has 0 radical (unpaired) electrons. The molecule has 0 amide bonds. The van der Waals surface area contributed by atoms with Gasteiger partial charge in [-0.15, -0.1) is 0 Å². The summed E-state index contributed by atoms with van der Waals surface area (Å²) in [5.74, 6) is 0. The Morgan fingerprint density at radius 3 is 2.44 bits per heavy atom. The quantitative estimate of drug-likeness (QED) is 0.597. The van der Waals surface area contributed by atoms with Crippen LogP contribution in [-0.4, -0.2) is 17.8 Å². The molecule has 2 aliphatic heterocycles. The Balaban J connectivity index is 1.71. The fourth-order valence-electron chi connectivity index (χ4n) is 2.91. The van der Waals surface area contributed by atoms with Gasteiger partial charge in [0.25, 0.3) is 0 Å². The molecule has 2 heterocycles. The first-order chi connectivity index (χ1) is 8.74. The summed E-state index contributed by atoms with van der Waals surface area (Å²) in [6.07, 6.45) is 8.17. The van der Waals surface area contributed by atoms with Crippen LogP contribution >= 0.6 is 0 Å². The first kappa shape index (κ1) is 10.3. The summed E-state index contributed by atoms with van der Waals surface area (Å²) in [6, 6.07) is 8.33. The van der Waals surface area contributed by atoms with Gasteiger partial charge in [-0.1, -0.05) is 49.6 Å². The van der Waals surface area contributed by atoms with E-state index >= 15 is 0 Å². The Labute approximate surface area is 106 Å². The van der Waals surface area contributed by atoms with E-state index in [4.69, 9.17) is 9.47 Å². The highest BCUT2D eigenvalue weighted by molar-refractivity contribution is 5.51. The van der Waals surface area contributed by atoms with Crippen LogP contribution in [0.2, 0.25) is 0 Å². The molecule has 0 spiro atoms. The zero-order valence-corrected chi connectivity index (χ0v) is 10.0. The van der Waals surface area contributed by atoms with E-state index in [-0.39, 0.29) is 23.4 Å². The molecule has 4 atom stereocenters. The molecule has 0 aromatic heterocycles. The first-order valence-electron chi connectivity index (χ1n) is 6.17. The average molecular weight is 238 g/mol. The van der Waals surface area contributed by atoms with Crippen LogP contribution in [-0.2, 0) is 15.1 Å². The van der Waals surface area contributed by atoms with Gasteiger partial charge in [0.15, 0.2) is 0 Å². The molecule has 2 heteroatoms. The Bertz CT molecular complexity index is 571. The Hall–Kier alpha value is -1.64. The van der Waals surface area contributed by atoms with Crippen LogP contribution in [0.25, 0.3) is 6.08 Å². The molecule has 1 aromatic rings. The number of ether oxygens (including phenoxy) is 2. The number of fused-ring (bicyclic) bond motifs is 3. The molecule has 3 aliphatic rings. The first-order valence-corrected chi connectivity index (χ1v) is 6.17. The molecule has 4 unspecified atom stereocenters. The maximum Gasteiger partial charge on any atom is 0.141 e. The number of rotatable bonds is 3. The predicted octanol–water partition coefficient (Wildman–Crippen LogP) is 2.82. The Morgan fingerprint density at radius 1 is 1.00 bits per heavy atom. The molecule has 0 N–H and O–H groups in total. The topological polar surface area (TPSA) is 25.1 Å². The number of benzene rings is 1. The monoisotopic (exact) mass is 238 g/mol. The summed E-state index contributed by atoms with van der Waals surface area (Å²) < 4.78 is 11.6. The van der Waals surface area contributed by atoms with Gasteiger partial charge >= 0.3 is 0 Å². The summed E-state index contributed by atoms with van der Waals surface area (Å²) >= 11 is 0. The second kappa shape index (κ2) is 3.02. The zero-order valence-electron chi connectivity index (χ0n) is 10.0. The van der Waals surface area contributed by atoms with Crippen molar-refractivity contribution in [2.45, 2.75) is 23.4 Å². The van der Waals surface area contributed by atoms with Crippen molar-refractivity contribution >= 4 is 6.08 Å². The number of hydrogen-bond acceptors (Lipinski definition) is 2. The molecule has 0 saturated carbocycles. The van der Waals surface area contributed by atoms with E-state index in [2.05, 4.69) is 49.6 Å². The van der Waals surface area contributed by atoms with Crippen LogP contribution in [0, 0.1) is 0 Å². The lowest BCUT2D eigenvalue weighted by Crippen LogP contribution is -2.24. The molecule has 18 heavy (non-hydrogen) atoms. The van der Waals surface area contributed by atoms with E-state index in [1.165, 1.54) is 5.56 Å². The third-order valence-corrected chi connectivity index (χ3v) is 4.19. The van der Waals surface area contributed by atoms with E-state index in [9.17, 15) is 0 Å². The largest absolute Gasteiger partial charge is 0.354 e. The van der Waals surface area contributed by atoms with E-state index in [0.717, 1.165) is 5.56 Å². The summed E-state index contributed by atoms with van der Waals surface area (Å²) in [5, 5.41) is 0. The lowest BCUT2D eigenvalue weighted by atomic mass is 9.84. The zero-order chi connectivity index (χ0) is 12.4. The van der Waals surface area contributed by atoms with Crippen molar-refractivity contribution in [3.63, 3.8) is 0 Å². The maximum atomic E-state index is 5.92. The number of epoxide rings is 2. The molecule has 1 aliphatic carbocycles. The molecule has 2 saturated heterocycles. The summed E-state index contributed by atoms with van der Waals surface area (Å²) in [5.41, 5.74) is 1.77. The van der Waals surface area contributed by atoms with Gasteiger partial charge in [-0.2, -0.15) is 0 Å². The van der Waals surface area contributed by atoms with Crippen LogP contribution in [0.3, 0.4) is 0 Å². The van der Waals surface area contributed by atoms with Gasteiger partial charge in [-0.25, -0.2) is 0 Å². The highest BCUT2D eigenvalue weighted by Crippen LogP contribution is 2.62. The fraction of sp³-hybridized carbons (Fsp3) is 0.250. The standard InChI is InChI=1S/C16H14O2/c1-3-11-5-7-12(8-6-11)16-10-9-15(4-2)13(17-15)14(16)18-16/h3-10,13-14H,1-2H2. The third-order valence-electron chi connectivity index (χ3n) is 4.19. The van der Waals surface area contributed by atoms with Gasteiger partial charge in [0, 0.05) is 0 Å². The molecular formula is C16H14O2. The molecule has 4 rings (SSSR count). The van der Waals surface area contributed by atoms with Crippen LogP contribution in [0.5, 0.6) is 0 Å². The maximum absolute atomic E-state index is 5.92. The van der Waals surface area contributed by atoms with Crippen LogP contribution in [0.15, 0.2) is 55.7 Å². The van der Waals surface area contributed by atoms with Gasteiger partial charge in [0.05, 0.1) is 0 Å². The minimum absolute atomic E-state index is 0.134. The smallest absolute Gasteiger partial charge is 0.141 e. The molecule has 2 nitrogen and oxygen atoms in total. The summed E-state index contributed by atoms with van der Waals surface area (Å²) in [7, 11) is 0. The lowest BCUT2D eigenvalue weighted by Gasteiger charge is -2.13. The minimum Gasteiger partial charge on any atom is -0.354 e. The van der Waals surface area contributed by atoms with Crippen molar-refractivity contribution in [3.05, 3.63) is 66.8 Å². The van der Waals surface area contributed by atoms with E-state index in [1.54, 1.807) is 0 Å². The van der Waals surface area contributed by atoms with Crippen molar-refractivity contribution in [1.82, 2.24) is 0 Å². The number of hydrogen-bond donors (Lipinski definition) is 0. The third kappa shape index (κ3) is 1.10. The molecule has 1 aromatic carbocycles. The molecule has 90 valence electrons. The van der Waals surface area contributed by atoms with Gasteiger partial charge < -0.3 is 9.47 Å². The van der Waals surface area contributed by atoms with Crippen molar-refractivity contribution in [2.75, 3.05) is 0 Å². The second-order valence-corrected chi connectivity index (χ2v) is 5.09.